The molecule has 7 nitrogen and oxygen atoms in total. The lowest BCUT2D eigenvalue weighted by molar-refractivity contribution is -0.130. The number of nitrogens with one attached hydrogen (secondary N) is 1. The van der Waals surface area contributed by atoms with Crippen LogP contribution in [-0.2, 0) is 16.6 Å². The van der Waals surface area contributed by atoms with Crippen LogP contribution in [0.1, 0.15) is 38.1 Å². The largest absolute Gasteiger partial charge is 0.449 e. The lowest BCUT2D eigenvalue weighted by atomic mass is 9.90. The molecule has 2 atom stereocenters. The van der Waals surface area contributed by atoms with E-state index in [1.54, 1.807) is 14.0 Å². The van der Waals surface area contributed by atoms with Crippen molar-refractivity contribution in [2.24, 2.45) is 13.0 Å². The second-order valence-corrected chi connectivity index (χ2v) is 5.41. The second kappa shape index (κ2) is 6.39. The fraction of sp³-hybridized carbons (Fsp3) is 0.571. The molecule has 114 valence electrons. The highest BCUT2D eigenvalue weighted by Crippen LogP contribution is 2.15. The summed E-state index contributed by atoms with van der Waals surface area (Å²) in [5, 5.41) is 15.6. The van der Waals surface area contributed by atoms with Crippen molar-refractivity contribution >= 4 is 11.9 Å². The topological polar surface area (TPSA) is 97.0 Å². The van der Waals surface area contributed by atoms with Crippen LogP contribution in [0.5, 0.6) is 0 Å². The molecule has 0 aliphatic heterocycles. The van der Waals surface area contributed by atoms with Gasteiger partial charge in [-0.1, -0.05) is 13.8 Å². The van der Waals surface area contributed by atoms with Gasteiger partial charge in [0.05, 0.1) is 17.8 Å². The van der Waals surface area contributed by atoms with Crippen LogP contribution in [0.3, 0.4) is 0 Å². The van der Waals surface area contributed by atoms with Crippen LogP contribution in [0.2, 0.25) is 0 Å². The van der Waals surface area contributed by atoms with Crippen molar-refractivity contribution in [1.29, 1.82) is 5.26 Å². The molecule has 1 amide bonds. The Morgan fingerprint density at radius 2 is 2.10 bits per heavy atom. The van der Waals surface area contributed by atoms with Crippen molar-refractivity contribution in [3.8, 4) is 6.07 Å². The maximum Gasteiger partial charge on any atom is 0.342 e. The van der Waals surface area contributed by atoms with E-state index in [1.165, 1.54) is 24.0 Å². The average molecular weight is 292 g/mol. The molecule has 1 heterocycles. The van der Waals surface area contributed by atoms with Gasteiger partial charge < -0.3 is 10.1 Å². The highest BCUT2D eigenvalue weighted by Gasteiger charge is 2.32. The van der Waals surface area contributed by atoms with Crippen molar-refractivity contribution in [3.63, 3.8) is 0 Å². The first-order chi connectivity index (χ1) is 9.69. The van der Waals surface area contributed by atoms with Gasteiger partial charge in [0.1, 0.15) is 5.54 Å². The minimum atomic E-state index is -1.01. The number of carbonyl (C=O) groups is 2. The number of aryl methyl sites for hydroxylation is 1. The van der Waals surface area contributed by atoms with Crippen LogP contribution >= 0.6 is 0 Å². The minimum Gasteiger partial charge on any atom is -0.449 e. The Hall–Kier alpha value is -2.36. The molecule has 1 aromatic rings. The van der Waals surface area contributed by atoms with Gasteiger partial charge in [0.2, 0.25) is 0 Å². The number of hydrogen-bond donors (Lipinski definition) is 1. The Balaban J connectivity index is 2.67. The SMILES string of the molecule is CC(OC(=O)c1cnn(C)c1)C(=O)NC(C)(C#N)C(C)C. The molecule has 7 heteroatoms. The Morgan fingerprint density at radius 1 is 1.48 bits per heavy atom. The molecule has 21 heavy (non-hydrogen) atoms. The van der Waals surface area contributed by atoms with Crippen LogP contribution in [0.4, 0.5) is 0 Å². The molecular weight excluding hydrogens is 272 g/mol. The predicted molar refractivity (Wildman–Crippen MR) is 75.1 cm³/mol. The van der Waals surface area contributed by atoms with Crippen LogP contribution in [-0.4, -0.2) is 33.3 Å². The molecule has 0 saturated carbocycles. The molecule has 0 fully saturated rings. The van der Waals surface area contributed by atoms with Gasteiger partial charge in [0.25, 0.3) is 5.91 Å². The number of esters is 1. The molecule has 0 aliphatic carbocycles. The summed E-state index contributed by atoms with van der Waals surface area (Å²) >= 11 is 0. The smallest absolute Gasteiger partial charge is 0.342 e. The highest BCUT2D eigenvalue weighted by atomic mass is 16.5. The van der Waals surface area contributed by atoms with Gasteiger partial charge in [-0.3, -0.25) is 9.48 Å². The average Bonchev–Trinajstić information content (AvgIpc) is 2.84. The zero-order valence-electron chi connectivity index (χ0n) is 12.9. The maximum atomic E-state index is 12.0. The summed E-state index contributed by atoms with van der Waals surface area (Å²) in [6.07, 6.45) is 1.87. The summed E-state index contributed by atoms with van der Waals surface area (Å²) in [7, 11) is 1.67. The summed E-state index contributed by atoms with van der Waals surface area (Å²) in [6, 6.07) is 2.07. The highest BCUT2D eigenvalue weighted by molar-refractivity contribution is 5.92. The predicted octanol–water partition coefficient (Wildman–Crippen LogP) is 1.02. The van der Waals surface area contributed by atoms with Crippen molar-refractivity contribution in [1.82, 2.24) is 15.1 Å². The third-order valence-electron chi connectivity index (χ3n) is 3.36. The number of carbonyl (C=O) groups excluding carboxylic acids is 2. The van der Waals surface area contributed by atoms with Gasteiger partial charge in [-0.25, -0.2) is 4.79 Å². The lowest BCUT2D eigenvalue weighted by Gasteiger charge is -2.28. The molecule has 0 spiro atoms. The number of rotatable bonds is 5. The summed E-state index contributed by atoms with van der Waals surface area (Å²) < 4.78 is 6.53. The number of nitrogens with zero attached hydrogens (tertiary/aromatic N) is 3. The van der Waals surface area contributed by atoms with Crippen molar-refractivity contribution in [3.05, 3.63) is 18.0 Å². The summed E-state index contributed by atoms with van der Waals surface area (Å²) in [6.45, 7) is 6.75. The van der Waals surface area contributed by atoms with Crippen LogP contribution in [0, 0.1) is 17.2 Å². The summed E-state index contributed by atoms with van der Waals surface area (Å²) in [5.41, 5.74) is -0.740. The third-order valence-corrected chi connectivity index (χ3v) is 3.36. The van der Waals surface area contributed by atoms with Gasteiger partial charge in [0.15, 0.2) is 6.10 Å². The molecule has 2 unspecified atom stereocenters. The fourth-order valence-electron chi connectivity index (χ4n) is 1.47. The third kappa shape index (κ3) is 4.05. The van der Waals surface area contributed by atoms with E-state index in [4.69, 9.17) is 10.00 Å². The number of nitriles is 1. The van der Waals surface area contributed by atoms with E-state index in [2.05, 4.69) is 16.5 Å². The van der Waals surface area contributed by atoms with Gasteiger partial charge in [-0.2, -0.15) is 10.4 Å². The first-order valence-electron chi connectivity index (χ1n) is 6.62. The number of aromatic nitrogens is 2. The second-order valence-electron chi connectivity index (χ2n) is 5.41. The summed E-state index contributed by atoms with van der Waals surface area (Å²) in [5.74, 6) is -1.22. The molecule has 0 bridgehead atoms. The Kier molecular flexibility index (Phi) is 5.08. The first kappa shape index (κ1) is 16.7. The van der Waals surface area contributed by atoms with Crippen molar-refractivity contribution in [2.75, 3.05) is 0 Å². The quantitative estimate of drug-likeness (QED) is 0.817. The van der Waals surface area contributed by atoms with Gasteiger partial charge in [-0.15, -0.1) is 0 Å². The van der Waals surface area contributed by atoms with Crippen LogP contribution in [0.15, 0.2) is 12.4 Å². The Bertz CT molecular complexity index is 573. The van der Waals surface area contributed by atoms with E-state index in [0.29, 0.717) is 0 Å². The zero-order chi connectivity index (χ0) is 16.2. The van der Waals surface area contributed by atoms with Crippen molar-refractivity contribution in [2.45, 2.75) is 39.3 Å². The normalized spacial score (nSPS) is 14.9. The standard InChI is InChI=1S/C14H20N4O3/c1-9(2)14(4,8-15)17-12(19)10(3)21-13(20)11-6-16-18(5)7-11/h6-7,9-10H,1-5H3,(H,17,19). The lowest BCUT2D eigenvalue weighted by Crippen LogP contribution is -2.52. The Morgan fingerprint density at radius 3 is 2.52 bits per heavy atom. The molecule has 0 radical (unpaired) electrons. The first-order valence-corrected chi connectivity index (χ1v) is 6.62. The number of ether oxygens (including phenoxy) is 1. The molecule has 1 N–H and O–H groups in total. The zero-order valence-corrected chi connectivity index (χ0v) is 12.9. The molecule has 0 aliphatic rings. The van der Waals surface area contributed by atoms with Gasteiger partial charge in [-0.05, 0) is 19.8 Å². The van der Waals surface area contributed by atoms with E-state index in [0.717, 1.165) is 0 Å². The molecular formula is C14H20N4O3. The number of amides is 1. The minimum absolute atomic E-state index is 0.0762. The van der Waals surface area contributed by atoms with Gasteiger partial charge >= 0.3 is 5.97 Å². The fourth-order valence-corrected chi connectivity index (χ4v) is 1.47. The van der Waals surface area contributed by atoms with Gasteiger partial charge in [0, 0.05) is 13.2 Å². The van der Waals surface area contributed by atoms with E-state index in [1.807, 2.05) is 13.8 Å². The Labute approximate surface area is 123 Å². The van der Waals surface area contributed by atoms with E-state index in [-0.39, 0.29) is 11.5 Å². The number of hydrogen-bond acceptors (Lipinski definition) is 5. The molecule has 1 rings (SSSR count). The van der Waals surface area contributed by atoms with Crippen LogP contribution < -0.4 is 5.32 Å². The monoisotopic (exact) mass is 292 g/mol. The van der Waals surface area contributed by atoms with Crippen molar-refractivity contribution < 1.29 is 14.3 Å². The van der Waals surface area contributed by atoms with E-state index in [9.17, 15) is 9.59 Å². The maximum absolute atomic E-state index is 12.0. The van der Waals surface area contributed by atoms with E-state index < -0.39 is 23.5 Å². The molecule has 0 saturated heterocycles. The van der Waals surface area contributed by atoms with Crippen LogP contribution in [0.25, 0.3) is 0 Å². The molecule has 1 aromatic heterocycles. The molecule has 0 aromatic carbocycles. The van der Waals surface area contributed by atoms with E-state index >= 15 is 0 Å². The summed E-state index contributed by atoms with van der Waals surface area (Å²) in [4.78, 5) is 23.9.